The molecular formula is C22H26N6OS. The molecule has 2 aromatic heterocycles. The first-order chi connectivity index (χ1) is 14.6. The molecule has 1 atom stereocenters. The number of Topliss-reactive ketones (excluding diaryl/α,β-unsaturated/α-hetero) is 1. The standard InChI is InChI=1S/C22H26N6OS/c1-3-4-5-8-11-28-21(18-13-25-19-10-7-6-9-16(18)19)26-27-22(28)30-14-20(29)17(12-23)15(2)24/h6-7,9-10,13,17,24-25H,3-5,8,11,14H2,1-2H3/t17-/m0/s1. The van der Waals surface area contributed by atoms with Crippen LogP contribution < -0.4 is 0 Å². The van der Waals surface area contributed by atoms with Crippen molar-refractivity contribution < 1.29 is 4.79 Å². The maximum absolute atomic E-state index is 12.4. The highest BCUT2D eigenvalue weighted by molar-refractivity contribution is 7.99. The van der Waals surface area contributed by atoms with Gasteiger partial charge in [0.15, 0.2) is 16.8 Å². The lowest BCUT2D eigenvalue weighted by molar-refractivity contribution is -0.117. The van der Waals surface area contributed by atoms with Crippen LogP contribution in [0.4, 0.5) is 0 Å². The largest absolute Gasteiger partial charge is 0.360 e. The van der Waals surface area contributed by atoms with Gasteiger partial charge >= 0.3 is 0 Å². The summed E-state index contributed by atoms with van der Waals surface area (Å²) in [6.07, 6.45) is 6.40. The van der Waals surface area contributed by atoms with Crippen molar-refractivity contribution in [1.82, 2.24) is 19.7 Å². The zero-order valence-electron chi connectivity index (χ0n) is 17.3. The van der Waals surface area contributed by atoms with Gasteiger partial charge in [0.2, 0.25) is 0 Å². The number of para-hydroxylation sites is 1. The number of nitrogens with zero attached hydrogens (tertiary/aromatic N) is 4. The van der Waals surface area contributed by atoms with Crippen LogP contribution >= 0.6 is 11.8 Å². The van der Waals surface area contributed by atoms with Crippen LogP contribution in [-0.2, 0) is 11.3 Å². The molecule has 0 saturated heterocycles. The predicted octanol–water partition coefficient (Wildman–Crippen LogP) is 4.85. The van der Waals surface area contributed by atoms with E-state index >= 15 is 0 Å². The molecule has 2 N–H and O–H groups in total. The molecule has 0 radical (unpaired) electrons. The molecule has 0 spiro atoms. The van der Waals surface area contributed by atoms with Gasteiger partial charge in [-0.1, -0.05) is 56.1 Å². The molecule has 8 heteroatoms. The van der Waals surface area contributed by atoms with Crippen LogP contribution in [0.25, 0.3) is 22.3 Å². The van der Waals surface area contributed by atoms with Gasteiger partial charge in [-0.2, -0.15) is 5.26 Å². The highest BCUT2D eigenvalue weighted by Crippen LogP contribution is 2.30. The molecule has 0 unspecified atom stereocenters. The van der Waals surface area contributed by atoms with Gasteiger partial charge in [-0.3, -0.25) is 4.79 Å². The molecule has 0 bridgehead atoms. The Morgan fingerprint density at radius 1 is 1.30 bits per heavy atom. The second-order valence-electron chi connectivity index (χ2n) is 7.27. The molecule has 7 nitrogen and oxygen atoms in total. The summed E-state index contributed by atoms with van der Waals surface area (Å²) in [6.45, 7) is 4.44. The van der Waals surface area contributed by atoms with E-state index in [-0.39, 0.29) is 17.2 Å². The predicted molar refractivity (Wildman–Crippen MR) is 120 cm³/mol. The number of unbranched alkanes of at least 4 members (excludes halogenated alkanes) is 3. The van der Waals surface area contributed by atoms with E-state index in [1.807, 2.05) is 30.5 Å². The maximum atomic E-state index is 12.4. The molecule has 0 aliphatic heterocycles. The molecule has 1 aromatic carbocycles. The third-order valence-electron chi connectivity index (χ3n) is 5.01. The van der Waals surface area contributed by atoms with Gasteiger partial charge in [0.25, 0.3) is 0 Å². The molecule has 3 aromatic rings. The van der Waals surface area contributed by atoms with E-state index in [2.05, 4.69) is 32.7 Å². The molecule has 0 saturated carbocycles. The Hall–Kier alpha value is -2.92. The van der Waals surface area contributed by atoms with E-state index in [9.17, 15) is 4.79 Å². The van der Waals surface area contributed by atoms with E-state index in [1.165, 1.54) is 25.1 Å². The number of nitriles is 1. The summed E-state index contributed by atoms with van der Waals surface area (Å²) in [4.78, 5) is 15.6. The molecule has 0 aliphatic carbocycles. The number of nitrogens with one attached hydrogen (secondary N) is 2. The van der Waals surface area contributed by atoms with Gasteiger partial charge in [0.1, 0.15) is 5.92 Å². The van der Waals surface area contributed by atoms with Gasteiger partial charge < -0.3 is 15.0 Å². The SMILES string of the molecule is CCCCCCn1c(SCC(=O)[C@@H](C#N)C(C)=N)nnc1-c1c[nH]c2ccccc12. The highest BCUT2D eigenvalue weighted by Gasteiger charge is 2.22. The van der Waals surface area contributed by atoms with Gasteiger partial charge in [0.05, 0.1) is 11.8 Å². The summed E-state index contributed by atoms with van der Waals surface area (Å²) in [5, 5.41) is 27.3. The summed E-state index contributed by atoms with van der Waals surface area (Å²) in [5.41, 5.74) is 2.09. The van der Waals surface area contributed by atoms with Crippen LogP contribution in [0.3, 0.4) is 0 Å². The number of H-pyrrole nitrogens is 1. The first-order valence-electron chi connectivity index (χ1n) is 10.2. The van der Waals surface area contributed by atoms with E-state index in [1.54, 1.807) is 0 Å². The Labute approximate surface area is 180 Å². The van der Waals surface area contributed by atoms with Crippen LogP contribution in [0.5, 0.6) is 0 Å². The van der Waals surface area contributed by atoms with Crippen LogP contribution in [0, 0.1) is 22.7 Å². The van der Waals surface area contributed by atoms with Crippen molar-refractivity contribution in [3.05, 3.63) is 30.5 Å². The minimum atomic E-state index is -0.994. The minimum absolute atomic E-state index is 0.0728. The van der Waals surface area contributed by atoms with Crippen molar-refractivity contribution in [3.8, 4) is 17.5 Å². The Kier molecular flexibility index (Phi) is 7.41. The van der Waals surface area contributed by atoms with Gasteiger partial charge in [-0.25, -0.2) is 0 Å². The fraction of sp³-hybridized carbons (Fsp3) is 0.409. The summed E-state index contributed by atoms with van der Waals surface area (Å²) in [6, 6.07) is 9.98. The number of aromatic nitrogens is 4. The van der Waals surface area contributed by atoms with Gasteiger partial charge in [0, 0.05) is 34.9 Å². The van der Waals surface area contributed by atoms with Crippen molar-refractivity contribution in [2.24, 2.45) is 5.92 Å². The zero-order chi connectivity index (χ0) is 21.5. The lowest BCUT2D eigenvalue weighted by Gasteiger charge is -2.10. The smallest absolute Gasteiger partial charge is 0.191 e. The van der Waals surface area contributed by atoms with Crippen molar-refractivity contribution in [1.29, 1.82) is 10.7 Å². The number of carbonyl (C=O) groups excluding carboxylic acids is 1. The lowest BCUT2D eigenvalue weighted by Crippen LogP contribution is -2.21. The van der Waals surface area contributed by atoms with Gasteiger partial charge in [-0.05, 0) is 19.4 Å². The number of hydrogen-bond donors (Lipinski definition) is 2. The normalized spacial score (nSPS) is 12.0. The minimum Gasteiger partial charge on any atom is -0.360 e. The average molecular weight is 423 g/mol. The maximum Gasteiger partial charge on any atom is 0.191 e. The fourth-order valence-electron chi connectivity index (χ4n) is 3.38. The Morgan fingerprint density at radius 2 is 2.10 bits per heavy atom. The molecule has 0 aliphatic rings. The Bertz CT molecular complexity index is 1080. The number of thioether (sulfide) groups is 1. The van der Waals surface area contributed by atoms with Crippen LogP contribution in [0.1, 0.15) is 39.5 Å². The van der Waals surface area contributed by atoms with Crippen LogP contribution in [-0.4, -0.2) is 37.0 Å². The quantitative estimate of drug-likeness (QED) is 0.261. The molecule has 2 heterocycles. The lowest BCUT2D eigenvalue weighted by atomic mass is 10.0. The monoisotopic (exact) mass is 422 g/mol. The third-order valence-corrected chi connectivity index (χ3v) is 6.00. The van der Waals surface area contributed by atoms with Crippen LogP contribution in [0.15, 0.2) is 35.6 Å². The topological polar surface area (TPSA) is 111 Å². The number of rotatable bonds is 11. The fourth-order valence-corrected chi connectivity index (χ4v) is 4.25. The van der Waals surface area contributed by atoms with E-state index in [0.29, 0.717) is 5.16 Å². The molecule has 0 amide bonds. The molecule has 156 valence electrons. The van der Waals surface area contributed by atoms with Gasteiger partial charge in [-0.15, -0.1) is 10.2 Å². The van der Waals surface area contributed by atoms with Crippen molar-refractivity contribution in [2.45, 2.75) is 51.2 Å². The van der Waals surface area contributed by atoms with E-state index < -0.39 is 5.92 Å². The number of hydrogen-bond acceptors (Lipinski definition) is 6. The van der Waals surface area contributed by atoms with Crippen LogP contribution in [0.2, 0.25) is 0 Å². The second kappa shape index (κ2) is 10.2. The number of carbonyl (C=O) groups is 1. The molecule has 3 rings (SSSR count). The molecule has 30 heavy (non-hydrogen) atoms. The van der Waals surface area contributed by atoms with Crippen molar-refractivity contribution in [3.63, 3.8) is 0 Å². The summed E-state index contributed by atoms with van der Waals surface area (Å²) in [5.74, 6) is -0.398. The number of benzene rings is 1. The third kappa shape index (κ3) is 4.79. The van der Waals surface area contributed by atoms with E-state index in [0.717, 1.165) is 48.1 Å². The highest BCUT2D eigenvalue weighted by atomic mass is 32.2. The van der Waals surface area contributed by atoms with Crippen molar-refractivity contribution >= 4 is 34.2 Å². The molecule has 0 fully saturated rings. The number of fused-ring (bicyclic) bond motifs is 1. The summed E-state index contributed by atoms with van der Waals surface area (Å²) >= 11 is 1.29. The first kappa shape index (κ1) is 21.8. The zero-order valence-corrected chi connectivity index (χ0v) is 18.1. The Balaban J connectivity index is 1.87. The molecular weight excluding hydrogens is 396 g/mol. The summed E-state index contributed by atoms with van der Waals surface area (Å²) < 4.78 is 2.07. The first-order valence-corrected chi connectivity index (χ1v) is 11.1. The summed E-state index contributed by atoms with van der Waals surface area (Å²) in [7, 11) is 0. The van der Waals surface area contributed by atoms with E-state index in [4.69, 9.17) is 10.7 Å². The van der Waals surface area contributed by atoms with Crippen molar-refractivity contribution in [2.75, 3.05) is 5.75 Å². The average Bonchev–Trinajstić information content (AvgIpc) is 3.33. The number of aromatic amines is 1. The second-order valence-corrected chi connectivity index (χ2v) is 8.21. The Morgan fingerprint density at radius 3 is 2.83 bits per heavy atom. The number of ketones is 1.